The van der Waals surface area contributed by atoms with Crippen LogP contribution in [0.5, 0.6) is 0 Å². The van der Waals surface area contributed by atoms with Gasteiger partial charge in [-0.25, -0.2) is 4.98 Å². The lowest BCUT2D eigenvalue weighted by Gasteiger charge is -2.19. The summed E-state index contributed by atoms with van der Waals surface area (Å²) >= 11 is 5.94. The predicted octanol–water partition coefficient (Wildman–Crippen LogP) is 2.38. The van der Waals surface area contributed by atoms with Crippen molar-refractivity contribution in [2.24, 2.45) is 5.92 Å². The molecule has 4 heteroatoms. The van der Waals surface area contributed by atoms with Gasteiger partial charge < -0.3 is 11.1 Å². The van der Waals surface area contributed by atoms with Crippen molar-refractivity contribution >= 4 is 17.4 Å². The third kappa shape index (κ3) is 2.41. The number of rotatable bonds is 4. The highest BCUT2D eigenvalue weighted by atomic mass is 35.5. The van der Waals surface area contributed by atoms with Crippen LogP contribution in [0.2, 0.25) is 5.02 Å². The fourth-order valence-corrected chi connectivity index (χ4v) is 2.06. The number of nitrogens with zero attached hydrogens (tertiary/aromatic N) is 1. The first kappa shape index (κ1) is 10.7. The van der Waals surface area contributed by atoms with E-state index in [0.717, 1.165) is 12.1 Å². The Morgan fingerprint density at radius 2 is 2.40 bits per heavy atom. The summed E-state index contributed by atoms with van der Waals surface area (Å²) in [6, 6.07) is 2.25. The monoisotopic (exact) mass is 225 g/mol. The Kier molecular flexibility index (Phi) is 3.12. The Labute approximate surface area is 95.0 Å². The van der Waals surface area contributed by atoms with E-state index < -0.39 is 0 Å². The van der Waals surface area contributed by atoms with Gasteiger partial charge in [0.1, 0.15) is 5.82 Å². The van der Waals surface area contributed by atoms with Gasteiger partial charge in [-0.1, -0.05) is 18.5 Å². The Hall–Kier alpha value is -0.800. The molecule has 3 N–H and O–H groups in total. The van der Waals surface area contributed by atoms with E-state index >= 15 is 0 Å². The number of hydrogen-bond acceptors (Lipinski definition) is 3. The number of nitrogens with one attached hydrogen (secondary N) is 1. The molecule has 1 aliphatic carbocycles. The van der Waals surface area contributed by atoms with Crippen LogP contribution in [-0.4, -0.2) is 11.5 Å². The van der Waals surface area contributed by atoms with E-state index in [1.54, 1.807) is 6.20 Å². The molecule has 0 bridgehead atoms. The third-order valence-corrected chi connectivity index (χ3v) is 2.98. The second kappa shape index (κ2) is 4.37. The minimum absolute atomic E-state index is 0.321. The van der Waals surface area contributed by atoms with Gasteiger partial charge in [-0.15, -0.1) is 0 Å². The van der Waals surface area contributed by atoms with Crippen LogP contribution in [0.15, 0.2) is 12.3 Å². The molecule has 1 aromatic heterocycles. The zero-order valence-corrected chi connectivity index (χ0v) is 9.59. The van der Waals surface area contributed by atoms with Crippen LogP contribution in [0.4, 0.5) is 5.82 Å². The predicted molar refractivity (Wildman–Crippen MR) is 62.8 cm³/mol. The highest BCUT2D eigenvalue weighted by Crippen LogP contribution is 2.42. The lowest BCUT2D eigenvalue weighted by Crippen LogP contribution is -2.23. The zero-order valence-electron chi connectivity index (χ0n) is 8.83. The van der Waals surface area contributed by atoms with Gasteiger partial charge in [0.05, 0.1) is 5.02 Å². The van der Waals surface area contributed by atoms with E-state index in [2.05, 4.69) is 17.2 Å². The molecule has 0 saturated heterocycles. The van der Waals surface area contributed by atoms with Crippen molar-refractivity contribution in [1.29, 1.82) is 0 Å². The summed E-state index contributed by atoms with van der Waals surface area (Å²) in [5.74, 6) is 1.30. The van der Waals surface area contributed by atoms with Crippen LogP contribution < -0.4 is 11.1 Å². The summed E-state index contributed by atoms with van der Waals surface area (Å²) < 4.78 is 0. The smallest absolute Gasteiger partial charge is 0.128 e. The van der Waals surface area contributed by atoms with Crippen molar-refractivity contribution in [3.63, 3.8) is 0 Å². The van der Waals surface area contributed by atoms with Gasteiger partial charge in [0, 0.05) is 17.8 Å². The molecule has 0 aliphatic heterocycles. The van der Waals surface area contributed by atoms with Crippen molar-refractivity contribution < 1.29 is 0 Å². The first-order valence-corrected chi connectivity index (χ1v) is 5.74. The summed E-state index contributed by atoms with van der Waals surface area (Å²) in [4.78, 5) is 4.10. The van der Waals surface area contributed by atoms with Gasteiger partial charge in [0.25, 0.3) is 0 Å². The molecular weight excluding hydrogens is 210 g/mol. The molecule has 82 valence electrons. The summed E-state index contributed by atoms with van der Waals surface area (Å²) in [6.07, 6.45) is 4.13. The van der Waals surface area contributed by atoms with Crippen LogP contribution in [0.3, 0.4) is 0 Å². The molecular formula is C11H16ClN3. The standard InChI is InChI=1S/C11H16ClN3/c1-2-14-10(7-3-4-7)9-5-8(12)6-15-11(9)13/h5-7,10,14H,2-4H2,1H3,(H2,13,15). The largest absolute Gasteiger partial charge is 0.383 e. The summed E-state index contributed by atoms with van der Waals surface area (Å²) in [7, 11) is 0. The zero-order chi connectivity index (χ0) is 10.8. The van der Waals surface area contributed by atoms with Crippen LogP contribution in [0.1, 0.15) is 31.4 Å². The van der Waals surface area contributed by atoms with Crippen molar-refractivity contribution in [3.05, 3.63) is 22.8 Å². The topological polar surface area (TPSA) is 50.9 Å². The second-order valence-corrected chi connectivity index (χ2v) is 4.44. The first-order valence-electron chi connectivity index (χ1n) is 5.36. The van der Waals surface area contributed by atoms with Crippen LogP contribution in [-0.2, 0) is 0 Å². The molecule has 2 rings (SSSR count). The van der Waals surface area contributed by atoms with Gasteiger partial charge in [0.15, 0.2) is 0 Å². The van der Waals surface area contributed by atoms with Crippen LogP contribution in [0, 0.1) is 5.92 Å². The Morgan fingerprint density at radius 3 is 3.00 bits per heavy atom. The molecule has 1 aliphatic rings. The Balaban J connectivity index is 2.27. The molecule has 3 nitrogen and oxygen atoms in total. The molecule has 1 heterocycles. The molecule has 1 aromatic rings. The number of halogens is 1. The minimum atomic E-state index is 0.321. The lowest BCUT2D eigenvalue weighted by molar-refractivity contribution is 0.496. The lowest BCUT2D eigenvalue weighted by atomic mass is 10.0. The van der Waals surface area contributed by atoms with E-state index in [1.165, 1.54) is 12.8 Å². The fourth-order valence-electron chi connectivity index (χ4n) is 1.89. The average Bonchev–Trinajstić information content (AvgIpc) is 3.02. The van der Waals surface area contributed by atoms with E-state index in [9.17, 15) is 0 Å². The fraction of sp³-hybridized carbons (Fsp3) is 0.545. The second-order valence-electron chi connectivity index (χ2n) is 4.00. The van der Waals surface area contributed by atoms with E-state index in [1.807, 2.05) is 6.07 Å². The van der Waals surface area contributed by atoms with E-state index in [4.69, 9.17) is 17.3 Å². The number of hydrogen-bond donors (Lipinski definition) is 2. The van der Waals surface area contributed by atoms with Crippen molar-refractivity contribution in [2.75, 3.05) is 12.3 Å². The number of aromatic nitrogens is 1. The highest BCUT2D eigenvalue weighted by molar-refractivity contribution is 6.30. The molecule has 0 amide bonds. The van der Waals surface area contributed by atoms with Gasteiger partial charge in [0.2, 0.25) is 0 Å². The molecule has 1 unspecified atom stereocenters. The molecule has 0 aromatic carbocycles. The maximum atomic E-state index is 5.94. The summed E-state index contributed by atoms with van der Waals surface area (Å²) in [6.45, 7) is 3.04. The minimum Gasteiger partial charge on any atom is -0.383 e. The number of anilines is 1. The molecule has 0 radical (unpaired) electrons. The summed E-state index contributed by atoms with van der Waals surface area (Å²) in [5, 5.41) is 4.11. The number of nitrogen functional groups attached to an aromatic ring is 1. The third-order valence-electron chi connectivity index (χ3n) is 2.77. The first-order chi connectivity index (χ1) is 7.22. The highest BCUT2D eigenvalue weighted by Gasteiger charge is 2.33. The van der Waals surface area contributed by atoms with Gasteiger partial charge in [-0.3, -0.25) is 0 Å². The summed E-state index contributed by atoms with van der Waals surface area (Å²) in [5.41, 5.74) is 6.92. The number of pyridine rings is 1. The molecule has 1 atom stereocenters. The van der Waals surface area contributed by atoms with E-state index in [0.29, 0.717) is 22.8 Å². The van der Waals surface area contributed by atoms with Crippen LogP contribution >= 0.6 is 11.6 Å². The number of nitrogens with two attached hydrogens (primary N) is 1. The van der Waals surface area contributed by atoms with E-state index in [-0.39, 0.29) is 0 Å². The normalized spacial score (nSPS) is 17.7. The average molecular weight is 226 g/mol. The van der Waals surface area contributed by atoms with Crippen molar-refractivity contribution in [1.82, 2.24) is 10.3 Å². The maximum Gasteiger partial charge on any atom is 0.128 e. The van der Waals surface area contributed by atoms with Crippen LogP contribution in [0.25, 0.3) is 0 Å². The van der Waals surface area contributed by atoms with Crippen molar-refractivity contribution in [2.45, 2.75) is 25.8 Å². The molecule has 1 saturated carbocycles. The molecule has 15 heavy (non-hydrogen) atoms. The Bertz CT molecular complexity index is 350. The Morgan fingerprint density at radius 1 is 1.67 bits per heavy atom. The van der Waals surface area contributed by atoms with Crippen molar-refractivity contribution in [3.8, 4) is 0 Å². The molecule has 0 spiro atoms. The van der Waals surface area contributed by atoms with Gasteiger partial charge >= 0.3 is 0 Å². The SMILES string of the molecule is CCNC(c1cc(Cl)cnc1N)C1CC1. The van der Waals surface area contributed by atoms with Gasteiger partial charge in [-0.05, 0) is 31.4 Å². The molecule has 1 fully saturated rings. The maximum absolute atomic E-state index is 5.94. The quantitative estimate of drug-likeness (QED) is 0.827. The van der Waals surface area contributed by atoms with Gasteiger partial charge in [-0.2, -0.15) is 0 Å².